The second-order valence-electron chi connectivity index (χ2n) is 5.66. The van der Waals surface area contributed by atoms with E-state index in [1.165, 1.54) is 44.3 Å². The largest absolute Gasteiger partial charge is 0.329 e. The molecule has 2 heterocycles. The molecule has 1 aromatic heterocycles. The second-order valence-corrected chi connectivity index (χ2v) is 6.44. The molecule has 1 aromatic rings. The Balaban J connectivity index is 1.74. The number of fused-ring (bicyclic) bond motifs is 2. The van der Waals surface area contributed by atoms with Crippen molar-refractivity contribution in [2.75, 3.05) is 19.6 Å². The van der Waals surface area contributed by atoms with Crippen molar-refractivity contribution in [3.63, 3.8) is 0 Å². The van der Waals surface area contributed by atoms with Gasteiger partial charge >= 0.3 is 0 Å². The molecule has 1 saturated carbocycles. The molecule has 1 aliphatic carbocycles. The van der Waals surface area contributed by atoms with Crippen LogP contribution in [0.1, 0.15) is 37.3 Å². The normalized spacial score (nSPS) is 31.4. The van der Waals surface area contributed by atoms with E-state index in [-0.39, 0.29) is 0 Å². The third-order valence-electron chi connectivity index (χ3n) is 4.47. The van der Waals surface area contributed by atoms with Gasteiger partial charge in [-0.2, -0.15) is 11.3 Å². The van der Waals surface area contributed by atoms with Crippen LogP contribution in [0.4, 0.5) is 0 Å². The SMILES string of the molecule is NCC(c1ccsc1)N1CC2CCCC(C2)C1. The van der Waals surface area contributed by atoms with Gasteiger partial charge in [0.05, 0.1) is 0 Å². The molecule has 17 heavy (non-hydrogen) atoms. The maximum atomic E-state index is 6.01. The highest BCUT2D eigenvalue weighted by molar-refractivity contribution is 7.07. The zero-order valence-electron chi connectivity index (χ0n) is 10.3. The Morgan fingerprint density at radius 2 is 2.12 bits per heavy atom. The fourth-order valence-corrected chi connectivity index (χ4v) is 4.39. The highest BCUT2D eigenvalue weighted by atomic mass is 32.1. The standard InChI is InChI=1S/C14H22N2S/c15-7-14(13-4-5-17-10-13)16-8-11-2-1-3-12(6-11)9-16/h4-5,10-12,14H,1-3,6-9,15H2. The molecule has 0 amide bonds. The second kappa shape index (κ2) is 5.09. The summed E-state index contributed by atoms with van der Waals surface area (Å²) in [5.74, 6) is 1.88. The Morgan fingerprint density at radius 3 is 2.71 bits per heavy atom. The van der Waals surface area contributed by atoms with Crippen molar-refractivity contribution in [1.29, 1.82) is 0 Å². The minimum absolute atomic E-state index is 0.463. The Labute approximate surface area is 108 Å². The summed E-state index contributed by atoms with van der Waals surface area (Å²) < 4.78 is 0. The van der Waals surface area contributed by atoms with Crippen LogP contribution in [0, 0.1) is 11.8 Å². The van der Waals surface area contributed by atoms with Crippen molar-refractivity contribution in [3.05, 3.63) is 22.4 Å². The molecule has 0 aromatic carbocycles. The maximum absolute atomic E-state index is 6.01. The van der Waals surface area contributed by atoms with Gasteiger partial charge in [0.25, 0.3) is 0 Å². The van der Waals surface area contributed by atoms with Gasteiger partial charge in [0.2, 0.25) is 0 Å². The van der Waals surface area contributed by atoms with Gasteiger partial charge in [0, 0.05) is 25.7 Å². The van der Waals surface area contributed by atoms with Gasteiger partial charge in [-0.3, -0.25) is 4.90 Å². The minimum atomic E-state index is 0.463. The van der Waals surface area contributed by atoms with E-state index < -0.39 is 0 Å². The van der Waals surface area contributed by atoms with Crippen molar-refractivity contribution in [3.8, 4) is 0 Å². The predicted octanol–water partition coefficient (Wildman–Crippen LogP) is 2.87. The lowest BCUT2D eigenvalue weighted by molar-refractivity contribution is 0.0552. The van der Waals surface area contributed by atoms with Gasteiger partial charge in [-0.05, 0) is 53.5 Å². The molecule has 3 unspecified atom stereocenters. The first-order chi connectivity index (χ1) is 8.36. The fraction of sp³-hybridized carbons (Fsp3) is 0.714. The van der Waals surface area contributed by atoms with Crippen LogP contribution in [0.2, 0.25) is 0 Å². The number of hydrogen-bond donors (Lipinski definition) is 1. The number of piperidine rings is 1. The molecule has 2 nitrogen and oxygen atoms in total. The zero-order valence-corrected chi connectivity index (χ0v) is 11.2. The molecule has 2 fully saturated rings. The van der Waals surface area contributed by atoms with Gasteiger partial charge in [0.1, 0.15) is 0 Å². The Kier molecular flexibility index (Phi) is 3.50. The molecule has 3 atom stereocenters. The summed E-state index contributed by atoms with van der Waals surface area (Å²) in [6, 6.07) is 2.71. The molecule has 2 N–H and O–H groups in total. The lowest BCUT2D eigenvalue weighted by Gasteiger charge is -2.44. The molecule has 2 bridgehead atoms. The summed E-state index contributed by atoms with van der Waals surface area (Å²) >= 11 is 1.79. The number of nitrogens with zero attached hydrogens (tertiary/aromatic N) is 1. The lowest BCUT2D eigenvalue weighted by atomic mass is 9.77. The quantitative estimate of drug-likeness (QED) is 0.894. The number of hydrogen-bond acceptors (Lipinski definition) is 3. The van der Waals surface area contributed by atoms with E-state index in [2.05, 4.69) is 21.7 Å². The zero-order chi connectivity index (χ0) is 11.7. The van der Waals surface area contributed by atoms with Gasteiger partial charge in [0.15, 0.2) is 0 Å². The van der Waals surface area contributed by atoms with Crippen molar-refractivity contribution in [2.24, 2.45) is 17.6 Å². The Morgan fingerprint density at radius 1 is 1.35 bits per heavy atom. The molecule has 0 radical (unpaired) electrons. The van der Waals surface area contributed by atoms with E-state index in [0.717, 1.165) is 18.4 Å². The highest BCUT2D eigenvalue weighted by Gasteiger charge is 2.33. The van der Waals surface area contributed by atoms with Gasteiger partial charge in [-0.1, -0.05) is 6.42 Å². The fourth-order valence-electron chi connectivity index (χ4n) is 3.69. The van der Waals surface area contributed by atoms with E-state index in [4.69, 9.17) is 5.73 Å². The highest BCUT2D eigenvalue weighted by Crippen LogP contribution is 2.37. The van der Waals surface area contributed by atoms with Gasteiger partial charge in [-0.25, -0.2) is 0 Å². The predicted molar refractivity (Wildman–Crippen MR) is 73.1 cm³/mol. The smallest absolute Gasteiger partial charge is 0.0478 e. The first kappa shape index (κ1) is 11.7. The van der Waals surface area contributed by atoms with Crippen LogP contribution in [-0.2, 0) is 0 Å². The van der Waals surface area contributed by atoms with Crippen LogP contribution in [0.25, 0.3) is 0 Å². The van der Waals surface area contributed by atoms with Crippen molar-refractivity contribution in [1.82, 2.24) is 4.90 Å². The van der Waals surface area contributed by atoms with Gasteiger partial charge < -0.3 is 5.73 Å². The number of thiophene rings is 1. The summed E-state index contributed by atoms with van der Waals surface area (Å²) in [4.78, 5) is 2.65. The molecule has 1 saturated heterocycles. The number of likely N-dealkylation sites (tertiary alicyclic amines) is 1. The first-order valence-corrected chi connectivity index (χ1v) is 7.77. The minimum Gasteiger partial charge on any atom is -0.329 e. The van der Waals surface area contributed by atoms with Crippen molar-refractivity contribution >= 4 is 11.3 Å². The van der Waals surface area contributed by atoms with E-state index >= 15 is 0 Å². The Bertz CT molecular complexity index is 337. The maximum Gasteiger partial charge on any atom is 0.0478 e. The van der Waals surface area contributed by atoms with E-state index in [1.807, 2.05) is 0 Å². The monoisotopic (exact) mass is 250 g/mol. The average Bonchev–Trinajstić information content (AvgIpc) is 2.83. The molecule has 94 valence electrons. The summed E-state index contributed by atoms with van der Waals surface area (Å²) in [7, 11) is 0. The van der Waals surface area contributed by atoms with Crippen molar-refractivity contribution < 1.29 is 0 Å². The van der Waals surface area contributed by atoms with Crippen LogP contribution in [0.5, 0.6) is 0 Å². The third kappa shape index (κ3) is 2.42. The molecule has 3 rings (SSSR count). The number of rotatable bonds is 3. The topological polar surface area (TPSA) is 29.3 Å². The van der Waals surface area contributed by atoms with Crippen LogP contribution in [0.15, 0.2) is 16.8 Å². The molecular weight excluding hydrogens is 228 g/mol. The average molecular weight is 250 g/mol. The molecule has 2 aliphatic rings. The lowest BCUT2D eigenvalue weighted by Crippen LogP contribution is -2.46. The number of nitrogens with two attached hydrogens (primary N) is 1. The van der Waals surface area contributed by atoms with Crippen LogP contribution < -0.4 is 5.73 Å². The summed E-state index contributed by atoms with van der Waals surface area (Å²) in [5.41, 5.74) is 7.44. The molecule has 3 heteroatoms. The van der Waals surface area contributed by atoms with E-state index in [0.29, 0.717) is 6.04 Å². The van der Waals surface area contributed by atoms with Crippen LogP contribution in [0.3, 0.4) is 0 Å². The van der Waals surface area contributed by atoms with Crippen LogP contribution >= 0.6 is 11.3 Å². The van der Waals surface area contributed by atoms with E-state index in [9.17, 15) is 0 Å². The van der Waals surface area contributed by atoms with Crippen LogP contribution in [-0.4, -0.2) is 24.5 Å². The summed E-state index contributed by atoms with van der Waals surface area (Å²) in [6.07, 6.45) is 5.80. The first-order valence-electron chi connectivity index (χ1n) is 6.83. The van der Waals surface area contributed by atoms with E-state index in [1.54, 1.807) is 11.3 Å². The Hall–Kier alpha value is -0.380. The third-order valence-corrected chi connectivity index (χ3v) is 5.17. The van der Waals surface area contributed by atoms with Crippen molar-refractivity contribution in [2.45, 2.75) is 31.7 Å². The summed E-state index contributed by atoms with van der Waals surface area (Å²) in [6.45, 7) is 3.30. The molecule has 0 spiro atoms. The molecule has 1 aliphatic heterocycles. The van der Waals surface area contributed by atoms with Gasteiger partial charge in [-0.15, -0.1) is 0 Å². The summed E-state index contributed by atoms with van der Waals surface area (Å²) in [5, 5.41) is 4.44. The molecular formula is C14H22N2S.